The maximum atomic E-state index is 5.53. The Hall–Kier alpha value is -2.70. The van der Waals surface area contributed by atoms with E-state index in [1.54, 1.807) is 0 Å². The molecular formula is C18H21N5O2. The van der Waals surface area contributed by atoms with Crippen molar-refractivity contribution in [1.82, 2.24) is 20.3 Å². The predicted octanol–water partition coefficient (Wildman–Crippen LogP) is 3.46. The van der Waals surface area contributed by atoms with Gasteiger partial charge in [-0.2, -0.15) is 9.97 Å². The van der Waals surface area contributed by atoms with Gasteiger partial charge in [0.1, 0.15) is 0 Å². The number of rotatable bonds is 5. The van der Waals surface area contributed by atoms with Gasteiger partial charge in [-0.3, -0.25) is 0 Å². The summed E-state index contributed by atoms with van der Waals surface area (Å²) in [7, 11) is 0. The van der Waals surface area contributed by atoms with Crippen LogP contribution in [0, 0.1) is 0 Å². The smallest absolute Gasteiger partial charge is 0.266 e. The first-order valence-corrected chi connectivity index (χ1v) is 8.80. The van der Waals surface area contributed by atoms with Gasteiger partial charge < -0.3 is 13.9 Å². The molecule has 0 saturated carbocycles. The number of hydrogen-bond acceptors (Lipinski definition) is 7. The standard InChI is InChI=1S/C18H21N5O2/c1-2-7-15-19-18(22-24-15)23-11-6-10-14(12-23)17-20-16(21-25-17)13-8-4-3-5-9-13/h3-5,8-9,14H,2,6-7,10-12H2,1H3. The molecule has 1 aliphatic rings. The fraction of sp³-hybridized carbons (Fsp3) is 0.444. The number of aryl methyl sites for hydroxylation is 1. The highest BCUT2D eigenvalue weighted by atomic mass is 16.5. The summed E-state index contributed by atoms with van der Waals surface area (Å²) in [6, 6.07) is 9.88. The lowest BCUT2D eigenvalue weighted by Gasteiger charge is -2.29. The van der Waals surface area contributed by atoms with Crippen LogP contribution in [-0.2, 0) is 6.42 Å². The van der Waals surface area contributed by atoms with E-state index in [1.807, 2.05) is 30.3 Å². The molecule has 0 radical (unpaired) electrons. The van der Waals surface area contributed by atoms with Crippen LogP contribution in [0.4, 0.5) is 5.95 Å². The monoisotopic (exact) mass is 339 g/mol. The molecule has 4 rings (SSSR count). The molecule has 130 valence electrons. The lowest BCUT2D eigenvalue weighted by Crippen LogP contribution is -2.35. The SMILES string of the molecule is CCCc1nc(N2CCCC(c3nc(-c4ccccc4)no3)C2)no1. The Morgan fingerprint density at radius 3 is 2.84 bits per heavy atom. The van der Waals surface area contributed by atoms with E-state index in [9.17, 15) is 0 Å². The van der Waals surface area contributed by atoms with E-state index in [2.05, 4.69) is 32.1 Å². The Morgan fingerprint density at radius 1 is 1.12 bits per heavy atom. The highest BCUT2D eigenvalue weighted by Gasteiger charge is 2.28. The lowest BCUT2D eigenvalue weighted by atomic mass is 9.98. The van der Waals surface area contributed by atoms with Crippen LogP contribution in [0.25, 0.3) is 11.4 Å². The Labute approximate surface area is 146 Å². The molecule has 1 saturated heterocycles. The van der Waals surface area contributed by atoms with Crippen molar-refractivity contribution in [2.45, 2.75) is 38.5 Å². The first-order chi connectivity index (χ1) is 12.3. The van der Waals surface area contributed by atoms with Crippen LogP contribution in [0.3, 0.4) is 0 Å². The topological polar surface area (TPSA) is 81.1 Å². The van der Waals surface area contributed by atoms with Crippen LogP contribution >= 0.6 is 0 Å². The molecule has 0 spiro atoms. The minimum atomic E-state index is 0.187. The summed E-state index contributed by atoms with van der Waals surface area (Å²) < 4.78 is 10.8. The largest absolute Gasteiger partial charge is 0.339 e. The molecule has 25 heavy (non-hydrogen) atoms. The van der Waals surface area contributed by atoms with Gasteiger partial charge in [0.25, 0.3) is 5.95 Å². The van der Waals surface area contributed by atoms with Crippen molar-refractivity contribution in [2.75, 3.05) is 18.0 Å². The van der Waals surface area contributed by atoms with Crippen LogP contribution in [0.2, 0.25) is 0 Å². The van der Waals surface area contributed by atoms with Gasteiger partial charge in [-0.1, -0.05) is 42.4 Å². The fourth-order valence-corrected chi connectivity index (χ4v) is 3.16. The zero-order valence-electron chi connectivity index (χ0n) is 14.3. The van der Waals surface area contributed by atoms with E-state index in [1.165, 1.54) is 0 Å². The Morgan fingerprint density at radius 2 is 2.00 bits per heavy atom. The molecule has 2 aromatic heterocycles. The summed E-state index contributed by atoms with van der Waals surface area (Å²) in [4.78, 5) is 11.2. The van der Waals surface area contributed by atoms with Gasteiger partial charge in [-0.25, -0.2) is 0 Å². The third-order valence-corrected chi connectivity index (χ3v) is 4.45. The normalized spacial score (nSPS) is 17.8. The predicted molar refractivity (Wildman–Crippen MR) is 92.2 cm³/mol. The van der Waals surface area contributed by atoms with Crippen molar-refractivity contribution < 1.29 is 9.05 Å². The second-order valence-corrected chi connectivity index (χ2v) is 6.35. The molecule has 0 aliphatic carbocycles. The minimum Gasteiger partial charge on any atom is -0.339 e. The first kappa shape index (κ1) is 15.8. The third-order valence-electron chi connectivity index (χ3n) is 4.45. The summed E-state index contributed by atoms with van der Waals surface area (Å²) in [5.74, 6) is 2.87. The highest BCUT2D eigenvalue weighted by molar-refractivity contribution is 5.53. The third kappa shape index (κ3) is 3.40. The van der Waals surface area contributed by atoms with Gasteiger partial charge in [0.2, 0.25) is 17.6 Å². The van der Waals surface area contributed by atoms with Crippen LogP contribution in [-0.4, -0.2) is 33.4 Å². The van der Waals surface area contributed by atoms with E-state index in [0.29, 0.717) is 23.6 Å². The Balaban J connectivity index is 1.48. The first-order valence-electron chi connectivity index (χ1n) is 8.80. The Bertz CT molecular complexity index is 814. The molecule has 1 aromatic carbocycles. The number of hydrogen-bond donors (Lipinski definition) is 0. The van der Waals surface area contributed by atoms with E-state index in [-0.39, 0.29) is 5.92 Å². The van der Waals surface area contributed by atoms with Crippen molar-refractivity contribution in [3.63, 3.8) is 0 Å². The average Bonchev–Trinajstić information content (AvgIpc) is 3.33. The molecule has 0 bridgehead atoms. The molecule has 1 unspecified atom stereocenters. The zero-order valence-corrected chi connectivity index (χ0v) is 14.3. The van der Waals surface area contributed by atoms with Crippen molar-refractivity contribution in [1.29, 1.82) is 0 Å². The van der Waals surface area contributed by atoms with Crippen molar-refractivity contribution in [3.05, 3.63) is 42.1 Å². The van der Waals surface area contributed by atoms with Gasteiger partial charge in [0.05, 0.1) is 5.92 Å². The van der Waals surface area contributed by atoms with Gasteiger partial charge in [0, 0.05) is 25.1 Å². The molecular weight excluding hydrogens is 318 g/mol. The number of benzene rings is 1. The number of aromatic nitrogens is 4. The fourth-order valence-electron chi connectivity index (χ4n) is 3.16. The quantitative estimate of drug-likeness (QED) is 0.704. The van der Waals surface area contributed by atoms with Crippen LogP contribution in [0.5, 0.6) is 0 Å². The lowest BCUT2D eigenvalue weighted by molar-refractivity contribution is 0.331. The molecule has 3 aromatic rings. The molecule has 1 aliphatic heterocycles. The minimum absolute atomic E-state index is 0.187. The van der Waals surface area contributed by atoms with Gasteiger partial charge in [-0.05, 0) is 24.4 Å². The second kappa shape index (κ2) is 7.04. The van der Waals surface area contributed by atoms with Crippen LogP contribution in [0.15, 0.2) is 39.4 Å². The molecule has 1 atom stereocenters. The summed E-state index contributed by atoms with van der Waals surface area (Å²) >= 11 is 0. The van der Waals surface area contributed by atoms with E-state index < -0.39 is 0 Å². The number of anilines is 1. The van der Waals surface area contributed by atoms with Crippen LogP contribution in [0.1, 0.15) is 43.9 Å². The highest BCUT2D eigenvalue weighted by Crippen LogP contribution is 2.29. The molecule has 3 heterocycles. The van der Waals surface area contributed by atoms with Crippen molar-refractivity contribution >= 4 is 5.95 Å². The summed E-state index contributed by atoms with van der Waals surface area (Å²) in [5.41, 5.74) is 0.965. The van der Waals surface area contributed by atoms with Crippen molar-refractivity contribution in [3.8, 4) is 11.4 Å². The van der Waals surface area contributed by atoms with E-state index in [4.69, 9.17) is 9.05 Å². The van der Waals surface area contributed by atoms with Gasteiger partial charge >= 0.3 is 0 Å². The summed E-state index contributed by atoms with van der Waals surface area (Å²) in [6.45, 7) is 3.78. The van der Waals surface area contributed by atoms with Crippen molar-refractivity contribution in [2.24, 2.45) is 0 Å². The van der Waals surface area contributed by atoms with Gasteiger partial charge in [0.15, 0.2) is 0 Å². The molecule has 7 heteroatoms. The Kier molecular flexibility index (Phi) is 4.45. The van der Waals surface area contributed by atoms with Crippen LogP contribution < -0.4 is 4.90 Å². The summed E-state index contributed by atoms with van der Waals surface area (Å²) in [5, 5.41) is 8.25. The second-order valence-electron chi connectivity index (χ2n) is 6.35. The van der Waals surface area contributed by atoms with E-state index in [0.717, 1.165) is 44.3 Å². The average molecular weight is 339 g/mol. The van der Waals surface area contributed by atoms with Gasteiger partial charge in [-0.15, -0.1) is 0 Å². The maximum absolute atomic E-state index is 5.53. The summed E-state index contributed by atoms with van der Waals surface area (Å²) in [6.07, 6.45) is 3.86. The molecule has 1 fully saturated rings. The number of piperidine rings is 1. The van der Waals surface area contributed by atoms with E-state index >= 15 is 0 Å². The molecule has 0 N–H and O–H groups in total. The molecule has 7 nitrogen and oxygen atoms in total. The zero-order chi connectivity index (χ0) is 17.1. The number of nitrogens with zero attached hydrogens (tertiary/aromatic N) is 5. The molecule has 0 amide bonds. The maximum Gasteiger partial charge on any atom is 0.266 e.